The van der Waals surface area contributed by atoms with Gasteiger partial charge >= 0.3 is 5.97 Å². The fourth-order valence-electron chi connectivity index (χ4n) is 5.03. The Bertz CT molecular complexity index is 1520. The highest BCUT2D eigenvalue weighted by Gasteiger charge is 2.27. The first-order valence-corrected chi connectivity index (χ1v) is 13.9. The standard InChI is InChI=1S/C34H37N3O4/c1-23(2)17-30(37-16-9-8-15-31(37)38)34(40)36-29(19-32(39)41-22-26-13-6-5-7-14-26)27-18-28(21-35-20-27)33-24(3)11-10-12-25(33)4/h5-16,18,20-21,23,29-30H,17,19,22H2,1-4H3,(H,36,40)/t29-,30?/m1/s1. The van der Waals surface area contributed by atoms with E-state index in [4.69, 9.17) is 4.74 Å². The van der Waals surface area contributed by atoms with Gasteiger partial charge in [0.1, 0.15) is 12.6 Å². The number of carbonyl (C=O) groups is 2. The number of pyridine rings is 2. The number of aryl methyl sites for hydroxylation is 2. The molecule has 4 aromatic rings. The van der Waals surface area contributed by atoms with Gasteiger partial charge in [0.25, 0.3) is 5.56 Å². The molecule has 0 aliphatic carbocycles. The number of amides is 1. The van der Waals surface area contributed by atoms with Gasteiger partial charge in [-0.05, 0) is 66.1 Å². The minimum absolute atomic E-state index is 0.0887. The molecule has 2 heterocycles. The van der Waals surface area contributed by atoms with Gasteiger partial charge in [-0.3, -0.25) is 19.4 Å². The average molecular weight is 552 g/mol. The summed E-state index contributed by atoms with van der Waals surface area (Å²) in [6, 6.07) is 20.9. The lowest BCUT2D eigenvalue weighted by molar-refractivity contribution is -0.145. The maximum absolute atomic E-state index is 13.8. The highest BCUT2D eigenvalue weighted by Crippen LogP contribution is 2.30. The van der Waals surface area contributed by atoms with Crippen LogP contribution in [0.2, 0.25) is 0 Å². The maximum atomic E-state index is 13.8. The summed E-state index contributed by atoms with van der Waals surface area (Å²) in [4.78, 5) is 44.0. The van der Waals surface area contributed by atoms with E-state index in [-0.39, 0.29) is 30.4 Å². The summed E-state index contributed by atoms with van der Waals surface area (Å²) in [7, 11) is 0. The monoisotopic (exact) mass is 551 g/mol. The lowest BCUT2D eigenvalue weighted by Crippen LogP contribution is -2.40. The van der Waals surface area contributed by atoms with Crippen molar-refractivity contribution in [2.75, 3.05) is 0 Å². The van der Waals surface area contributed by atoms with Gasteiger partial charge in [0.05, 0.1) is 12.5 Å². The molecule has 1 N–H and O–H groups in total. The van der Waals surface area contributed by atoms with Crippen molar-refractivity contribution in [2.24, 2.45) is 5.92 Å². The molecule has 0 radical (unpaired) electrons. The molecule has 0 aliphatic rings. The molecule has 0 bridgehead atoms. The number of nitrogens with zero attached hydrogens (tertiary/aromatic N) is 2. The molecule has 2 aromatic carbocycles. The van der Waals surface area contributed by atoms with E-state index in [0.717, 1.165) is 27.8 Å². The number of hydrogen-bond donors (Lipinski definition) is 1. The minimum Gasteiger partial charge on any atom is -0.461 e. The van der Waals surface area contributed by atoms with Crippen LogP contribution in [-0.4, -0.2) is 21.4 Å². The van der Waals surface area contributed by atoms with Crippen LogP contribution in [0.3, 0.4) is 0 Å². The van der Waals surface area contributed by atoms with Crippen LogP contribution in [0.15, 0.2) is 96.2 Å². The minimum atomic E-state index is -0.735. The van der Waals surface area contributed by atoms with E-state index in [9.17, 15) is 14.4 Å². The zero-order valence-electron chi connectivity index (χ0n) is 24.0. The van der Waals surface area contributed by atoms with Crippen molar-refractivity contribution in [3.8, 4) is 11.1 Å². The summed E-state index contributed by atoms with van der Waals surface area (Å²) in [5.74, 6) is -0.638. The number of aromatic nitrogens is 2. The molecule has 2 atom stereocenters. The van der Waals surface area contributed by atoms with Gasteiger partial charge in [0.2, 0.25) is 5.91 Å². The Hall–Kier alpha value is -4.52. The molecule has 0 saturated carbocycles. The van der Waals surface area contributed by atoms with Crippen LogP contribution in [0, 0.1) is 19.8 Å². The Morgan fingerprint density at radius 1 is 0.927 bits per heavy atom. The second-order valence-electron chi connectivity index (χ2n) is 10.8. The highest BCUT2D eigenvalue weighted by atomic mass is 16.5. The lowest BCUT2D eigenvalue weighted by atomic mass is 9.94. The van der Waals surface area contributed by atoms with E-state index in [1.54, 1.807) is 30.7 Å². The molecule has 0 spiro atoms. The number of carbonyl (C=O) groups excluding carboxylic acids is 2. The van der Waals surface area contributed by atoms with Crippen molar-refractivity contribution in [3.05, 3.63) is 124 Å². The largest absolute Gasteiger partial charge is 0.461 e. The first kappa shape index (κ1) is 29.5. The van der Waals surface area contributed by atoms with Crippen molar-refractivity contribution in [2.45, 2.75) is 59.2 Å². The Balaban J connectivity index is 1.66. The average Bonchev–Trinajstić information content (AvgIpc) is 2.95. The van der Waals surface area contributed by atoms with Gasteiger partial charge in [-0.1, -0.05) is 68.4 Å². The molecule has 1 unspecified atom stereocenters. The van der Waals surface area contributed by atoms with Crippen LogP contribution in [-0.2, 0) is 20.9 Å². The van der Waals surface area contributed by atoms with Gasteiger partial charge in [0.15, 0.2) is 0 Å². The van der Waals surface area contributed by atoms with Crippen LogP contribution in [0.4, 0.5) is 0 Å². The van der Waals surface area contributed by atoms with Crippen LogP contribution in [0.25, 0.3) is 11.1 Å². The van der Waals surface area contributed by atoms with Crippen LogP contribution in [0.5, 0.6) is 0 Å². The number of benzene rings is 2. The molecule has 1 amide bonds. The van der Waals surface area contributed by atoms with Crippen molar-refractivity contribution < 1.29 is 14.3 Å². The number of nitrogens with one attached hydrogen (secondary N) is 1. The van der Waals surface area contributed by atoms with E-state index < -0.39 is 18.1 Å². The van der Waals surface area contributed by atoms with Gasteiger partial charge < -0.3 is 14.6 Å². The summed E-state index contributed by atoms with van der Waals surface area (Å²) >= 11 is 0. The SMILES string of the molecule is Cc1cccc(C)c1-c1cncc([C@@H](CC(=O)OCc2ccccc2)NC(=O)C(CC(C)C)n2ccccc2=O)c1. The zero-order chi connectivity index (χ0) is 29.4. The summed E-state index contributed by atoms with van der Waals surface area (Å²) in [6.07, 6.45) is 5.45. The van der Waals surface area contributed by atoms with E-state index in [2.05, 4.69) is 10.3 Å². The Morgan fingerprint density at radius 3 is 2.32 bits per heavy atom. The summed E-state index contributed by atoms with van der Waals surface area (Å²) in [5, 5.41) is 3.06. The Morgan fingerprint density at radius 2 is 1.63 bits per heavy atom. The Kier molecular flexibility index (Phi) is 9.85. The van der Waals surface area contributed by atoms with Crippen LogP contribution in [0.1, 0.15) is 61.0 Å². The molecule has 4 rings (SSSR count). The molecule has 7 nitrogen and oxygen atoms in total. The van der Waals surface area contributed by atoms with Crippen molar-refractivity contribution in [3.63, 3.8) is 0 Å². The van der Waals surface area contributed by atoms with Gasteiger partial charge in [-0.25, -0.2) is 0 Å². The lowest BCUT2D eigenvalue weighted by Gasteiger charge is -2.25. The molecule has 0 fully saturated rings. The third-order valence-electron chi connectivity index (χ3n) is 7.05. The predicted octanol–water partition coefficient (Wildman–Crippen LogP) is 6.11. The highest BCUT2D eigenvalue weighted by molar-refractivity contribution is 5.82. The van der Waals surface area contributed by atoms with Crippen molar-refractivity contribution >= 4 is 11.9 Å². The predicted molar refractivity (Wildman–Crippen MR) is 160 cm³/mol. The zero-order valence-corrected chi connectivity index (χ0v) is 24.0. The summed E-state index contributed by atoms with van der Waals surface area (Å²) in [6.45, 7) is 8.23. The number of rotatable bonds is 11. The molecular weight excluding hydrogens is 514 g/mol. The molecular formula is C34H37N3O4. The number of hydrogen-bond acceptors (Lipinski definition) is 5. The van der Waals surface area contributed by atoms with Crippen LogP contribution >= 0.6 is 0 Å². The molecule has 7 heteroatoms. The molecule has 0 saturated heterocycles. The maximum Gasteiger partial charge on any atom is 0.308 e. The van der Waals surface area contributed by atoms with Gasteiger partial charge in [-0.2, -0.15) is 0 Å². The first-order valence-electron chi connectivity index (χ1n) is 13.9. The molecule has 2 aromatic heterocycles. The van der Waals surface area contributed by atoms with E-state index >= 15 is 0 Å². The quantitative estimate of drug-likeness (QED) is 0.227. The topological polar surface area (TPSA) is 90.3 Å². The van der Waals surface area contributed by atoms with E-state index in [1.807, 2.05) is 82.3 Å². The van der Waals surface area contributed by atoms with Crippen molar-refractivity contribution in [1.82, 2.24) is 14.9 Å². The molecule has 212 valence electrons. The smallest absolute Gasteiger partial charge is 0.308 e. The second kappa shape index (κ2) is 13.7. The fraction of sp³-hybridized carbons (Fsp3) is 0.294. The third-order valence-corrected chi connectivity index (χ3v) is 7.05. The summed E-state index contributed by atoms with van der Waals surface area (Å²) < 4.78 is 7.03. The second-order valence-corrected chi connectivity index (χ2v) is 10.8. The fourth-order valence-corrected chi connectivity index (χ4v) is 5.03. The Labute approximate surface area is 241 Å². The normalized spacial score (nSPS) is 12.5. The van der Waals surface area contributed by atoms with Crippen LogP contribution < -0.4 is 10.9 Å². The number of esters is 1. The van der Waals surface area contributed by atoms with E-state index in [1.165, 1.54) is 10.6 Å². The summed E-state index contributed by atoms with van der Waals surface area (Å²) in [5.41, 5.74) is 5.46. The van der Waals surface area contributed by atoms with Crippen molar-refractivity contribution in [1.29, 1.82) is 0 Å². The third kappa shape index (κ3) is 7.78. The molecule has 0 aliphatic heterocycles. The van der Waals surface area contributed by atoms with E-state index in [0.29, 0.717) is 12.0 Å². The molecule has 41 heavy (non-hydrogen) atoms. The number of ether oxygens (including phenoxy) is 1. The van der Waals surface area contributed by atoms with Gasteiger partial charge in [-0.15, -0.1) is 0 Å². The first-order chi connectivity index (χ1) is 19.7. The van der Waals surface area contributed by atoms with Gasteiger partial charge in [0, 0.05) is 30.2 Å².